The second-order valence-electron chi connectivity index (χ2n) is 1.44. The van der Waals surface area contributed by atoms with Crippen molar-refractivity contribution in [1.82, 2.24) is 0 Å². The first-order chi connectivity index (χ1) is 4.79. The van der Waals surface area contributed by atoms with Gasteiger partial charge in [-0.1, -0.05) is 22.0 Å². The number of hydrogen-bond acceptors (Lipinski definition) is 2. The smallest absolute Gasteiger partial charge is 0.124 e. The first-order valence-corrected chi connectivity index (χ1v) is 3.33. The molecule has 64 valence electrons. The van der Waals surface area contributed by atoms with Crippen molar-refractivity contribution < 1.29 is 4.39 Å². The molecule has 0 aliphatic carbocycles. The number of hydrogen-bond donors (Lipinski definition) is 2. The summed E-state index contributed by atoms with van der Waals surface area (Å²) in [7, 11) is 0. The molecule has 0 spiro atoms. The maximum Gasteiger partial charge on any atom is 0.124 e. The van der Waals surface area contributed by atoms with Crippen molar-refractivity contribution in [2.45, 2.75) is 0 Å². The van der Waals surface area contributed by atoms with Gasteiger partial charge in [0.05, 0.1) is 0 Å². The van der Waals surface area contributed by atoms with Crippen molar-refractivity contribution in [1.29, 1.82) is 0 Å². The van der Waals surface area contributed by atoms with Crippen molar-refractivity contribution in [3.05, 3.63) is 34.6 Å². The molecule has 1 aromatic carbocycles. The van der Waals surface area contributed by atoms with Gasteiger partial charge in [0, 0.05) is 4.47 Å². The predicted octanol–water partition coefficient (Wildman–Crippen LogP) is 1.83. The molecule has 4 N–H and O–H groups in total. The van der Waals surface area contributed by atoms with Crippen LogP contribution in [0.2, 0.25) is 0 Å². The zero-order chi connectivity index (χ0) is 7.98. The van der Waals surface area contributed by atoms with Gasteiger partial charge < -0.3 is 0 Å². The van der Waals surface area contributed by atoms with Crippen LogP contribution in [-0.4, -0.2) is 0 Å². The number of rotatable bonds is 0. The molecule has 0 fully saturated rings. The zero-order valence-corrected chi connectivity index (χ0v) is 8.03. The summed E-state index contributed by atoms with van der Waals surface area (Å²) in [5.74, 6) is 7.79. The summed E-state index contributed by atoms with van der Waals surface area (Å²) in [6.07, 6.45) is 0. The summed E-state index contributed by atoms with van der Waals surface area (Å²) in [5, 5.41) is 0. The Bertz CT molecular complexity index is 180. The standard InChI is InChI=1S/C6H4BrF.ClH.H4N2/c7-5-2-1-3-6(8)4-5;;1-2/h1-4H;1H;1-2H2. The van der Waals surface area contributed by atoms with E-state index in [1.807, 2.05) is 0 Å². The minimum absolute atomic E-state index is 0. The Morgan fingerprint density at radius 1 is 1.27 bits per heavy atom. The average Bonchev–Trinajstić information content (AvgIpc) is 1.91. The molecule has 0 aliphatic rings. The molecule has 0 heterocycles. The van der Waals surface area contributed by atoms with Crippen LogP contribution in [-0.2, 0) is 0 Å². The van der Waals surface area contributed by atoms with E-state index in [0.717, 1.165) is 4.47 Å². The summed E-state index contributed by atoms with van der Waals surface area (Å²) in [4.78, 5) is 0. The van der Waals surface area contributed by atoms with Gasteiger partial charge in [-0.2, -0.15) is 0 Å². The molecular formula is C6H9BrClFN2. The molecule has 0 saturated heterocycles. The molecule has 0 aliphatic heterocycles. The highest BCUT2D eigenvalue weighted by molar-refractivity contribution is 9.10. The monoisotopic (exact) mass is 242 g/mol. The summed E-state index contributed by atoms with van der Waals surface area (Å²) < 4.78 is 12.9. The molecular weight excluding hydrogens is 234 g/mol. The lowest BCUT2D eigenvalue weighted by Crippen LogP contribution is -2.02. The molecule has 5 heteroatoms. The van der Waals surface area contributed by atoms with Gasteiger partial charge in [-0.25, -0.2) is 4.39 Å². The van der Waals surface area contributed by atoms with Crippen LogP contribution in [0.1, 0.15) is 0 Å². The Labute approximate surface area is 79.3 Å². The normalized spacial score (nSPS) is 7.27. The number of benzene rings is 1. The third-order valence-electron chi connectivity index (χ3n) is 0.787. The molecule has 1 aromatic rings. The molecule has 1 rings (SSSR count). The predicted molar refractivity (Wildman–Crippen MR) is 49.7 cm³/mol. The van der Waals surface area contributed by atoms with E-state index in [1.165, 1.54) is 12.1 Å². The minimum Gasteiger partial charge on any atom is -0.274 e. The lowest BCUT2D eigenvalue weighted by atomic mass is 10.4. The maximum absolute atomic E-state index is 12.1. The van der Waals surface area contributed by atoms with Crippen LogP contribution in [0.15, 0.2) is 28.7 Å². The van der Waals surface area contributed by atoms with E-state index >= 15 is 0 Å². The molecule has 11 heavy (non-hydrogen) atoms. The van der Waals surface area contributed by atoms with E-state index < -0.39 is 0 Å². The van der Waals surface area contributed by atoms with Crippen LogP contribution in [0, 0.1) is 5.82 Å². The fraction of sp³-hybridized carbons (Fsp3) is 0. The van der Waals surface area contributed by atoms with Gasteiger partial charge in [-0.15, -0.1) is 12.4 Å². The van der Waals surface area contributed by atoms with E-state index in [-0.39, 0.29) is 18.2 Å². The molecule has 0 unspecified atom stereocenters. The Kier molecular flexibility index (Phi) is 9.70. The highest BCUT2D eigenvalue weighted by Crippen LogP contribution is 2.09. The molecule has 0 aromatic heterocycles. The summed E-state index contributed by atoms with van der Waals surface area (Å²) in [6, 6.07) is 6.26. The topological polar surface area (TPSA) is 52.0 Å². The molecule has 0 radical (unpaired) electrons. The van der Waals surface area contributed by atoms with Crippen LogP contribution in [0.4, 0.5) is 4.39 Å². The third kappa shape index (κ3) is 6.25. The third-order valence-corrected chi connectivity index (χ3v) is 1.28. The van der Waals surface area contributed by atoms with Gasteiger partial charge in [-0.05, 0) is 18.2 Å². The maximum atomic E-state index is 12.1. The lowest BCUT2D eigenvalue weighted by molar-refractivity contribution is 0.627. The van der Waals surface area contributed by atoms with E-state index in [0.29, 0.717) is 0 Å². The fourth-order valence-electron chi connectivity index (χ4n) is 0.460. The van der Waals surface area contributed by atoms with Gasteiger partial charge >= 0.3 is 0 Å². The molecule has 0 atom stereocenters. The van der Waals surface area contributed by atoms with Crippen LogP contribution in [0.5, 0.6) is 0 Å². The number of halogens is 3. The van der Waals surface area contributed by atoms with Crippen molar-refractivity contribution in [3.8, 4) is 0 Å². The fourth-order valence-corrected chi connectivity index (χ4v) is 0.831. The van der Waals surface area contributed by atoms with Crippen molar-refractivity contribution in [2.75, 3.05) is 0 Å². The van der Waals surface area contributed by atoms with Crippen LogP contribution in [0.3, 0.4) is 0 Å². The average molecular weight is 244 g/mol. The second kappa shape index (κ2) is 7.94. The van der Waals surface area contributed by atoms with Gasteiger partial charge in [0.2, 0.25) is 0 Å². The molecule has 0 saturated carbocycles. The van der Waals surface area contributed by atoms with E-state index in [9.17, 15) is 4.39 Å². The van der Waals surface area contributed by atoms with Crippen molar-refractivity contribution >= 4 is 28.3 Å². The van der Waals surface area contributed by atoms with Gasteiger partial charge in [0.15, 0.2) is 0 Å². The first kappa shape index (κ1) is 13.4. The molecule has 2 nitrogen and oxygen atoms in total. The van der Waals surface area contributed by atoms with Gasteiger partial charge in [-0.3, -0.25) is 11.7 Å². The van der Waals surface area contributed by atoms with Gasteiger partial charge in [0.25, 0.3) is 0 Å². The minimum atomic E-state index is -0.209. The van der Waals surface area contributed by atoms with E-state index in [1.54, 1.807) is 12.1 Å². The summed E-state index contributed by atoms with van der Waals surface area (Å²) >= 11 is 3.12. The second-order valence-corrected chi connectivity index (χ2v) is 2.36. The Balaban J connectivity index is 0. The van der Waals surface area contributed by atoms with Crippen molar-refractivity contribution in [3.63, 3.8) is 0 Å². The summed E-state index contributed by atoms with van der Waals surface area (Å²) in [5.41, 5.74) is 0. The Hall–Kier alpha value is -0.160. The van der Waals surface area contributed by atoms with Crippen LogP contribution < -0.4 is 11.7 Å². The van der Waals surface area contributed by atoms with E-state index in [2.05, 4.69) is 27.6 Å². The van der Waals surface area contributed by atoms with Crippen LogP contribution >= 0.6 is 28.3 Å². The SMILES string of the molecule is Cl.Fc1cccc(Br)c1.NN. The number of hydrazine groups is 1. The van der Waals surface area contributed by atoms with E-state index in [4.69, 9.17) is 0 Å². The number of nitrogens with two attached hydrogens (primary N) is 2. The first-order valence-electron chi connectivity index (χ1n) is 2.53. The van der Waals surface area contributed by atoms with Gasteiger partial charge in [0.1, 0.15) is 5.82 Å². The highest BCUT2D eigenvalue weighted by atomic mass is 79.9. The Morgan fingerprint density at radius 2 is 1.82 bits per heavy atom. The molecule has 0 bridgehead atoms. The lowest BCUT2D eigenvalue weighted by Gasteiger charge is -1.85. The zero-order valence-electron chi connectivity index (χ0n) is 5.63. The van der Waals surface area contributed by atoms with Crippen LogP contribution in [0.25, 0.3) is 0 Å². The summed E-state index contributed by atoms with van der Waals surface area (Å²) in [6.45, 7) is 0. The molecule has 0 amide bonds. The quantitative estimate of drug-likeness (QED) is 0.539. The highest BCUT2D eigenvalue weighted by Gasteiger charge is 1.86. The van der Waals surface area contributed by atoms with Crippen molar-refractivity contribution in [2.24, 2.45) is 11.7 Å². The Morgan fingerprint density at radius 3 is 2.09 bits per heavy atom. The largest absolute Gasteiger partial charge is 0.274 e.